The van der Waals surface area contributed by atoms with Gasteiger partial charge in [0.05, 0.1) is 5.39 Å². The number of hydrogen-bond donors (Lipinski definition) is 1. The first-order valence-electron chi connectivity index (χ1n) is 7.00. The number of aryl methyl sites for hydroxylation is 2. The lowest BCUT2D eigenvalue weighted by Crippen LogP contribution is -2.07. The number of aromatic hydroxyl groups is 1. The first-order chi connectivity index (χ1) is 9.65. The Labute approximate surface area is 126 Å². The van der Waals surface area contributed by atoms with Gasteiger partial charge in [0.2, 0.25) is 0 Å². The molecule has 0 fully saturated rings. The van der Waals surface area contributed by atoms with Crippen LogP contribution in [-0.2, 0) is 12.8 Å². The highest BCUT2D eigenvalue weighted by atomic mass is 79.9. The molecule has 0 saturated heterocycles. The Kier molecular flexibility index (Phi) is 5.24. The van der Waals surface area contributed by atoms with Crippen LogP contribution < -0.4 is 5.63 Å². The highest BCUT2D eigenvalue weighted by Crippen LogP contribution is 2.27. The van der Waals surface area contributed by atoms with Crippen LogP contribution in [0.5, 0.6) is 5.75 Å². The highest BCUT2D eigenvalue weighted by Gasteiger charge is 2.10. The van der Waals surface area contributed by atoms with E-state index in [1.165, 1.54) is 0 Å². The quantitative estimate of drug-likeness (QED) is 0.488. The Bertz CT molecular complexity index is 646. The van der Waals surface area contributed by atoms with E-state index < -0.39 is 0 Å². The van der Waals surface area contributed by atoms with Gasteiger partial charge in [-0.2, -0.15) is 0 Å². The van der Waals surface area contributed by atoms with E-state index >= 15 is 0 Å². The largest absolute Gasteiger partial charge is 0.507 e. The Morgan fingerprint density at radius 3 is 2.70 bits per heavy atom. The van der Waals surface area contributed by atoms with Crippen LogP contribution in [0, 0.1) is 0 Å². The van der Waals surface area contributed by atoms with Crippen LogP contribution in [0.1, 0.15) is 37.3 Å². The third kappa shape index (κ3) is 3.42. The zero-order chi connectivity index (χ0) is 14.5. The molecule has 1 heterocycles. The van der Waals surface area contributed by atoms with Crippen molar-refractivity contribution in [3.05, 3.63) is 39.7 Å². The van der Waals surface area contributed by atoms with Crippen LogP contribution >= 0.6 is 15.9 Å². The van der Waals surface area contributed by atoms with E-state index in [9.17, 15) is 9.90 Å². The molecule has 0 aliphatic rings. The Hall–Kier alpha value is -1.29. The van der Waals surface area contributed by atoms with Crippen molar-refractivity contribution in [3.8, 4) is 5.75 Å². The SMILES string of the molecule is CCCCCc1cc(O)c2cc(CCBr)c(=O)oc2c1. The number of benzene rings is 1. The molecule has 0 unspecified atom stereocenters. The van der Waals surface area contributed by atoms with E-state index in [0.29, 0.717) is 28.3 Å². The molecule has 0 spiro atoms. The van der Waals surface area contributed by atoms with Crippen molar-refractivity contribution in [2.45, 2.75) is 39.0 Å². The van der Waals surface area contributed by atoms with Crippen LogP contribution in [0.2, 0.25) is 0 Å². The third-order valence-electron chi connectivity index (χ3n) is 3.40. The van der Waals surface area contributed by atoms with Crippen molar-refractivity contribution >= 4 is 26.9 Å². The molecule has 20 heavy (non-hydrogen) atoms. The van der Waals surface area contributed by atoms with Crippen LogP contribution in [0.4, 0.5) is 0 Å². The van der Waals surface area contributed by atoms with Gasteiger partial charge in [-0.05, 0) is 43.0 Å². The standard InChI is InChI=1S/C16H19BrO3/c1-2-3-4-5-11-8-14(18)13-10-12(6-7-17)16(19)20-15(13)9-11/h8-10,18H,2-7H2,1H3. The molecule has 0 aliphatic carbocycles. The number of rotatable bonds is 6. The minimum atomic E-state index is -0.318. The van der Waals surface area contributed by atoms with Crippen molar-refractivity contribution in [2.75, 3.05) is 5.33 Å². The molecule has 4 heteroatoms. The number of unbranched alkanes of at least 4 members (excludes halogenated alkanes) is 2. The van der Waals surface area contributed by atoms with E-state index in [2.05, 4.69) is 22.9 Å². The summed E-state index contributed by atoms with van der Waals surface area (Å²) in [6, 6.07) is 5.37. The van der Waals surface area contributed by atoms with E-state index in [1.54, 1.807) is 12.1 Å². The van der Waals surface area contributed by atoms with Gasteiger partial charge >= 0.3 is 5.63 Å². The van der Waals surface area contributed by atoms with Gasteiger partial charge in [0, 0.05) is 10.9 Å². The lowest BCUT2D eigenvalue weighted by atomic mass is 10.0. The van der Waals surface area contributed by atoms with Crippen LogP contribution in [-0.4, -0.2) is 10.4 Å². The van der Waals surface area contributed by atoms with E-state index in [0.717, 1.165) is 31.2 Å². The molecule has 2 aromatic rings. The molecular weight excluding hydrogens is 320 g/mol. The zero-order valence-corrected chi connectivity index (χ0v) is 13.2. The summed E-state index contributed by atoms with van der Waals surface area (Å²) in [4.78, 5) is 11.8. The molecule has 0 aliphatic heterocycles. The molecule has 0 amide bonds. The molecule has 1 aromatic carbocycles. The minimum Gasteiger partial charge on any atom is -0.507 e. The molecule has 0 atom stereocenters. The first-order valence-corrected chi connectivity index (χ1v) is 8.12. The fourth-order valence-corrected chi connectivity index (χ4v) is 2.72. The second kappa shape index (κ2) is 6.93. The summed E-state index contributed by atoms with van der Waals surface area (Å²) in [6.07, 6.45) is 4.88. The molecule has 0 bridgehead atoms. The minimum absolute atomic E-state index is 0.188. The lowest BCUT2D eigenvalue weighted by Gasteiger charge is -2.06. The number of phenolic OH excluding ortho intramolecular Hbond substituents is 1. The maximum atomic E-state index is 11.8. The summed E-state index contributed by atoms with van der Waals surface area (Å²) in [5.74, 6) is 0.188. The zero-order valence-electron chi connectivity index (χ0n) is 11.6. The number of halogens is 1. The summed E-state index contributed by atoms with van der Waals surface area (Å²) in [6.45, 7) is 2.16. The van der Waals surface area contributed by atoms with Gasteiger partial charge in [-0.15, -0.1) is 0 Å². The summed E-state index contributed by atoms with van der Waals surface area (Å²) in [7, 11) is 0. The molecule has 0 radical (unpaired) electrons. The average Bonchev–Trinajstić information content (AvgIpc) is 2.41. The third-order valence-corrected chi connectivity index (χ3v) is 3.79. The summed E-state index contributed by atoms with van der Waals surface area (Å²) in [5.41, 5.74) is 1.75. The average molecular weight is 339 g/mol. The summed E-state index contributed by atoms with van der Waals surface area (Å²) >= 11 is 3.31. The second-order valence-corrected chi connectivity index (χ2v) is 5.77. The lowest BCUT2D eigenvalue weighted by molar-refractivity contribution is 0.477. The molecular formula is C16H19BrO3. The molecule has 0 saturated carbocycles. The van der Waals surface area contributed by atoms with Crippen molar-refractivity contribution in [1.82, 2.24) is 0 Å². The van der Waals surface area contributed by atoms with Gasteiger partial charge in [0.25, 0.3) is 0 Å². The first kappa shape index (κ1) is 15.1. The van der Waals surface area contributed by atoms with Crippen LogP contribution in [0.3, 0.4) is 0 Å². The fraction of sp³-hybridized carbons (Fsp3) is 0.438. The smallest absolute Gasteiger partial charge is 0.339 e. The molecule has 108 valence electrons. The van der Waals surface area contributed by atoms with Gasteiger partial charge in [-0.25, -0.2) is 4.79 Å². The molecule has 1 aromatic heterocycles. The van der Waals surface area contributed by atoms with Gasteiger partial charge in [-0.1, -0.05) is 35.7 Å². The highest BCUT2D eigenvalue weighted by molar-refractivity contribution is 9.09. The van der Waals surface area contributed by atoms with Gasteiger partial charge in [0.1, 0.15) is 11.3 Å². The summed E-state index contributed by atoms with van der Waals surface area (Å²) < 4.78 is 5.34. The Morgan fingerprint density at radius 1 is 1.20 bits per heavy atom. The molecule has 3 nitrogen and oxygen atoms in total. The van der Waals surface area contributed by atoms with E-state index in [-0.39, 0.29) is 11.4 Å². The van der Waals surface area contributed by atoms with Gasteiger partial charge in [0.15, 0.2) is 0 Å². The number of phenols is 1. The van der Waals surface area contributed by atoms with Crippen molar-refractivity contribution in [2.24, 2.45) is 0 Å². The topological polar surface area (TPSA) is 50.4 Å². The maximum Gasteiger partial charge on any atom is 0.339 e. The predicted octanol–water partition coefficient (Wildman–Crippen LogP) is 4.17. The predicted molar refractivity (Wildman–Crippen MR) is 84.9 cm³/mol. The second-order valence-electron chi connectivity index (χ2n) is 4.98. The molecule has 2 rings (SSSR count). The van der Waals surface area contributed by atoms with Crippen LogP contribution in [0.25, 0.3) is 11.0 Å². The van der Waals surface area contributed by atoms with Crippen molar-refractivity contribution in [1.29, 1.82) is 0 Å². The van der Waals surface area contributed by atoms with E-state index in [4.69, 9.17) is 4.42 Å². The maximum absolute atomic E-state index is 11.8. The Balaban J connectivity index is 2.39. The van der Waals surface area contributed by atoms with Crippen molar-refractivity contribution in [3.63, 3.8) is 0 Å². The summed E-state index contributed by atoms with van der Waals surface area (Å²) in [5, 5.41) is 11.4. The fourth-order valence-electron chi connectivity index (χ4n) is 2.29. The number of hydrogen-bond acceptors (Lipinski definition) is 3. The molecule has 1 N–H and O–H groups in total. The Morgan fingerprint density at radius 2 is 2.00 bits per heavy atom. The van der Waals surface area contributed by atoms with Gasteiger partial charge < -0.3 is 9.52 Å². The monoisotopic (exact) mass is 338 g/mol. The normalized spacial score (nSPS) is 11.1. The van der Waals surface area contributed by atoms with E-state index in [1.807, 2.05) is 6.07 Å². The number of alkyl halides is 1. The van der Waals surface area contributed by atoms with Crippen LogP contribution in [0.15, 0.2) is 27.4 Å². The number of fused-ring (bicyclic) bond motifs is 1. The van der Waals surface area contributed by atoms with Crippen molar-refractivity contribution < 1.29 is 9.52 Å². The van der Waals surface area contributed by atoms with Gasteiger partial charge in [-0.3, -0.25) is 0 Å².